The van der Waals surface area contributed by atoms with Gasteiger partial charge in [0.2, 0.25) is 5.89 Å². The zero-order valence-corrected chi connectivity index (χ0v) is 9.56. The van der Waals surface area contributed by atoms with Crippen molar-refractivity contribution in [2.24, 2.45) is 0 Å². The van der Waals surface area contributed by atoms with Gasteiger partial charge in [0, 0.05) is 26.6 Å². The standard InChI is InChI=1S/C10H16N4O2/c1-3-4-14(8-5-11-6-8)10(15)9-12-7(2)16-13-9/h8,11H,3-6H2,1-2H3. The second-order valence-electron chi connectivity index (χ2n) is 3.95. The number of amides is 1. The molecule has 0 atom stereocenters. The number of hydrogen-bond acceptors (Lipinski definition) is 5. The molecule has 1 aliphatic heterocycles. The van der Waals surface area contributed by atoms with E-state index >= 15 is 0 Å². The summed E-state index contributed by atoms with van der Waals surface area (Å²) in [7, 11) is 0. The maximum Gasteiger partial charge on any atom is 0.295 e. The third-order valence-corrected chi connectivity index (χ3v) is 2.64. The van der Waals surface area contributed by atoms with Crippen molar-refractivity contribution in [1.82, 2.24) is 20.4 Å². The topological polar surface area (TPSA) is 71.3 Å². The van der Waals surface area contributed by atoms with Gasteiger partial charge in [-0.15, -0.1) is 0 Å². The molecule has 16 heavy (non-hydrogen) atoms. The van der Waals surface area contributed by atoms with E-state index in [0.717, 1.165) is 26.1 Å². The molecule has 2 heterocycles. The van der Waals surface area contributed by atoms with Crippen molar-refractivity contribution in [3.05, 3.63) is 11.7 Å². The first kappa shape index (κ1) is 11.1. The smallest absolute Gasteiger partial charge is 0.295 e. The molecule has 1 aromatic rings. The molecule has 0 aliphatic carbocycles. The van der Waals surface area contributed by atoms with Gasteiger partial charge in [0.25, 0.3) is 11.7 Å². The van der Waals surface area contributed by atoms with Crippen LogP contribution in [0.5, 0.6) is 0 Å². The molecule has 6 nitrogen and oxygen atoms in total. The molecule has 1 saturated heterocycles. The van der Waals surface area contributed by atoms with E-state index in [1.807, 2.05) is 11.8 Å². The summed E-state index contributed by atoms with van der Waals surface area (Å²) >= 11 is 0. The van der Waals surface area contributed by atoms with Crippen LogP contribution < -0.4 is 5.32 Å². The zero-order valence-electron chi connectivity index (χ0n) is 9.56. The molecular weight excluding hydrogens is 208 g/mol. The normalized spacial score (nSPS) is 15.9. The first-order valence-electron chi connectivity index (χ1n) is 5.54. The summed E-state index contributed by atoms with van der Waals surface area (Å²) in [5, 5.41) is 6.82. The van der Waals surface area contributed by atoms with E-state index in [1.54, 1.807) is 6.92 Å². The summed E-state index contributed by atoms with van der Waals surface area (Å²) in [4.78, 5) is 17.9. The minimum atomic E-state index is -0.134. The monoisotopic (exact) mass is 224 g/mol. The van der Waals surface area contributed by atoms with Crippen LogP contribution >= 0.6 is 0 Å². The van der Waals surface area contributed by atoms with Crippen LogP contribution in [0.3, 0.4) is 0 Å². The fraction of sp³-hybridized carbons (Fsp3) is 0.700. The Kier molecular flexibility index (Phi) is 3.19. The number of nitrogens with zero attached hydrogens (tertiary/aromatic N) is 3. The van der Waals surface area contributed by atoms with Gasteiger partial charge in [-0.1, -0.05) is 12.1 Å². The number of aryl methyl sites for hydroxylation is 1. The van der Waals surface area contributed by atoms with Crippen molar-refractivity contribution in [3.63, 3.8) is 0 Å². The second kappa shape index (κ2) is 4.61. The summed E-state index contributed by atoms with van der Waals surface area (Å²) in [6, 6.07) is 0.270. The lowest BCUT2D eigenvalue weighted by Crippen LogP contribution is -2.59. The van der Waals surface area contributed by atoms with Crippen molar-refractivity contribution in [3.8, 4) is 0 Å². The minimum absolute atomic E-state index is 0.134. The lowest BCUT2D eigenvalue weighted by molar-refractivity contribution is 0.0600. The van der Waals surface area contributed by atoms with E-state index in [1.165, 1.54) is 0 Å². The predicted molar refractivity (Wildman–Crippen MR) is 57.0 cm³/mol. The van der Waals surface area contributed by atoms with E-state index in [-0.39, 0.29) is 17.8 Å². The van der Waals surface area contributed by atoms with Crippen LogP contribution in [0.25, 0.3) is 0 Å². The molecule has 0 aromatic carbocycles. The van der Waals surface area contributed by atoms with E-state index in [0.29, 0.717) is 5.89 Å². The third kappa shape index (κ3) is 2.06. The van der Waals surface area contributed by atoms with Gasteiger partial charge in [-0.05, 0) is 6.42 Å². The van der Waals surface area contributed by atoms with Crippen molar-refractivity contribution in [2.75, 3.05) is 19.6 Å². The van der Waals surface area contributed by atoms with E-state index in [2.05, 4.69) is 15.5 Å². The average Bonchev–Trinajstić information content (AvgIpc) is 2.60. The molecule has 1 N–H and O–H groups in total. The first-order chi connectivity index (χ1) is 7.72. The average molecular weight is 224 g/mol. The number of carbonyl (C=O) groups excluding carboxylic acids is 1. The second-order valence-corrected chi connectivity index (χ2v) is 3.95. The van der Waals surface area contributed by atoms with Gasteiger partial charge in [-0.25, -0.2) is 0 Å². The molecule has 1 amide bonds. The fourth-order valence-corrected chi connectivity index (χ4v) is 1.70. The van der Waals surface area contributed by atoms with Crippen molar-refractivity contribution in [2.45, 2.75) is 26.3 Å². The van der Waals surface area contributed by atoms with Crippen LogP contribution in [0.4, 0.5) is 0 Å². The Labute approximate surface area is 94.0 Å². The maximum absolute atomic E-state index is 12.1. The van der Waals surface area contributed by atoms with Gasteiger partial charge < -0.3 is 14.7 Å². The fourth-order valence-electron chi connectivity index (χ4n) is 1.70. The molecule has 0 bridgehead atoms. The summed E-state index contributed by atoms with van der Waals surface area (Å²) in [6.07, 6.45) is 0.930. The van der Waals surface area contributed by atoms with Crippen LogP contribution in [0.1, 0.15) is 29.9 Å². The molecule has 2 rings (SSSR count). The Bertz CT molecular complexity index is 373. The number of carbonyl (C=O) groups is 1. The summed E-state index contributed by atoms with van der Waals surface area (Å²) in [6.45, 7) is 6.16. The largest absolute Gasteiger partial charge is 0.339 e. The lowest BCUT2D eigenvalue weighted by atomic mass is 10.1. The summed E-state index contributed by atoms with van der Waals surface area (Å²) in [5.41, 5.74) is 0. The lowest BCUT2D eigenvalue weighted by Gasteiger charge is -2.37. The Morgan fingerprint density at radius 3 is 2.81 bits per heavy atom. The van der Waals surface area contributed by atoms with Gasteiger partial charge in [0.1, 0.15) is 0 Å². The Morgan fingerprint density at radius 1 is 1.62 bits per heavy atom. The number of aromatic nitrogens is 2. The highest BCUT2D eigenvalue weighted by Gasteiger charge is 2.30. The highest BCUT2D eigenvalue weighted by atomic mass is 16.5. The van der Waals surface area contributed by atoms with Crippen LogP contribution in [0.15, 0.2) is 4.52 Å². The summed E-state index contributed by atoms with van der Waals surface area (Å²) in [5.74, 6) is 0.453. The van der Waals surface area contributed by atoms with Crippen LogP contribution in [-0.2, 0) is 0 Å². The molecule has 0 unspecified atom stereocenters. The SMILES string of the molecule is CCCN(C(=O)c1noc(C)n1)C1CNC1. The predicted octanol–water partition coefficient (Wildman–Crippen LogP) is 0.202. The molecule has 1 aliphatic rings. The molecule has 6 heteroatoms. The number of rotatable bonds is 4. The van der Waals surface area contributed by atoms with Crippen molar-refractivity contribution >= 4 is 5.91 Å². The highest BCUT2D eigenvalue weighted by molar-refractivity contribution is 5.90. The Balaban J connectivity index is 2.09. The Hall–Kier alpha value is -1.43. The van der Waals surface area contributed by atoms with Gasteiger partial charge in [-0.2, -0.15) is 4.98 Å². The quantitative estimate of drug-likeness (QED) is 0.791. The van der Waals surface area contributed by atoms with Crippen LogP contribution in [0.2, 0.25) is 0 Å². The molecule has 1 aromatic heterocycles. The first-order valence-corrected chi connectivity index (χ1v) is 5.54. The van der Waals surface area contributed by atoms with E-state index < -0.39 is 0 Å². The number of nitrogens with one attached hydrogen (secondary N) is 1. The van der Waals surface area contributed by atoms with E-state index in [4.69, 9.17) is 4.52 Å². The molecule has 0 saturated carbocycles. The van der Waals surface area contributed by atoms with Crippen molar-refractivity contribution in [1.29, 1.82) is 0 Å². The molecule has 0 spiro atoms. The van der Waals surface area contributed by atoms with Crippen LogP contribution in [0, 0.1) is 6.92 Å². The molecule has 1 fully saturated rings. The number of hydrogen-bond donors (Lipinski definition) is 1. The van der Waals surface area contributed by atoms with E-state index in [9.17, 15) is 4.79 Å². The van der Waals surface area contributed by atoms with Gasteiger partial charge in [-0.3, -0.25) is 4.79 Å². The van der Waals surface area contributed by atoms with Gasteiger partial charge in [0.15, 0.2) is 0 Å². The van der Waals surface area contributed by atoms with Gasteiger partial charge >= 0.3 is 0 Å². The van der Waals surface area contributed by atoms with Crippen molar-refractivity contribution < 1.29 is 9.32 Å². The van der Waals surface area contributed by atoms with Crippen LogP contribution in [-0.4, -0.2) is 46.6 Å². The Morgan fingerprint density at radius 2 is 2.38 bits per heavy atom. The van der Waals surface area contributed by atoms with Gasteiger partial charge in [0.05, 0.1) is 6.04 Å². The summed E-state index contributed by atoms with van der Waals surface area (Å²) < 4.78 is 4.82. The minimum Gasteiger partial charge on any atom is -0.339 e. The maximum atomic E-state index is 12.1. The highest BCUT2D eigenvalue weighted by Crippen LogP contribution is 2.10. The molecule has 88 valence electrons. The zero-order chi connectivity index (χ0) is 11.5. The molecule has 0 radical (unpaired) electrons. The molecular formula is C10H16N4O2. The third-order valence-electron chi connectivity index (χ3n) is 2.64.